The van der Waals surface area contributed by atoms with E-state index in [1.165, 1.54) is 0 Å². The normalized spacial score (nSPS) is 13.8. The number of hydrogen-bond acceptors (Lipinski definition) is 3. The third-order valence-corrected chi connectivity index (χ3v) is 4.17. The maximum absolute atomic E-state index is 13.4. The third kappa shape index (κ3) is 6.56. The van der Waals surface area contributed by atoms with E-state index in [0.717, 1.165) is 11.4 Å². The summed E-state index contributed by atoms with van der Waals surface area (Å²) in [5, 5.41) is 1.07. The van der Waals surface area contributed by atoms with Crippen molar-refractivity contribution < 1.29 is 80.2 Å². The van der Waals surface area contributed by atoms with Crippen LogP contribution in [-0.4, -0.2) is 58.9 Å². The highest BCUT2D eigenvalue weighted by Crippen LogP contribution is 2.41. The van der Waals surface area contributed by atoms with Crippen LogP contribution in [0.15, 0.2) is 24.3 Å². The predicted octanol–water partition coefficient (Wildman–Crippen LogP) is 4.75. The molecule has 0 aliphatic heterocycles. The summed E-state index contributed by atoms with van der Waals surface area (Å²) in [6.45, 7) is -3.35. The van der Waals surface area contributed by atoms with Crippen LogP contribution in [0.4, 0.5) is 65.9 Å². The standard InChI is InChI=1S/C17H9F15N2O3/c18-12(19,15(24,25)26)9(35)33-5-7-2-1-3-8(4-7)6-34(10(36)13(20,21)16(27,28)29)11(37)14(22,23)17(30,31)32/h1-4H,5-6H2,(H,33,35). The van der Waals surface area contributed by atoms with E-state index in [1.807, 2.05) is 0 Å². The summed E-state index contributed by atoms with van der Waals surface area (Å²) in [5.74, 6) is -29.8. The van der Waals surface area contributed by atoms with Crippen LogP contribution in [0.1, 0.15) is 11.1 Å². The lowest BCUT2D eigenvalue weighted by molar-refractivity contribution is -0.283. The van der Waals surface area contributed by atoms with Crippen LogP contribution in [0.2, 0.25) is 0 Å². The average Bonchev–Trinajstić information content (AvgIpc) is 2.72. The van der Waals surface area contributed by atoms with Crippen LogP contribution in [0.5, 0.6) is 0 Å². The first-order valence-corrected chi connectivity index (χ1v) is 8.84. The van der Waals surface area contributed by atoms with Crippen molar-refractivity contribution in [3.05, 3.63) is 35.4 Å². The number of carbonyl (C=O) groups is 3. The number of hydrogen-bond donors (Lipinski definition) is 1. The zero-order chi connectivity index (χ0) is 29.4. The minimum atomic E-state index is -6.86. The zero-order valence-corrected chi connectivity index (χ0v) is 17.1. The molecule has 1 rings (SSSR count). The lowest BCUT2D eigenvalue weighted by Gasteiger charge is -2.30. The van der Waals surface area contributed by atoms with E-state index < -0.39 is 83.1 Å². The lowest BCUT2D eigenvalue weighted by atomic mass is 10.1. The van der Waals surface area contributed by atoms with Crippen molar-refractivity contribution in [2.75, 3.05) is 0 Å². The van der Waals surface area contributed by atoms with Crippen LogP contribution < -0.4 is 5.32 Å². The molecule has 0 aliphatic rings. The fourth-order valence-electron chi connectivity index (χ4n) is 2.26. The van der Waals surface area contributed by atoms with Gasteiger partial charge in [0.2, 0.25) is 0 Å². The third-order valence-electron chi connectivity index (χ3n) is 4.17. The van der Waals surface area contributed by atoms with Crippen molar-refractivity contribution in [2.45, 2.75) is 49.4 Å². The lowest BCUT2D eigenvalue weighted by Crippen LogP contribution is -2.59. The van der Waals surface area contributed by atoms with E-state index in [0.29, 0.717) is 18.2 Å². The molecule has 1 aromatic rings. The Morgan fingerprint density at radius 1 is 0.622 bits per heavy atom. The summed E-state index contributed by atoms with van der Waals surface area (Å²) in [5.41, 5.74) is -1.54. The van der Waals surface area contributed by atoms with E-state index in [1.54, 1.807) is 0 Å². The fraction of sp³-hybridized carbons (Fsp3) is 0.471. The van der Waals surface area contributed by atoms with Gasteiger partial charge in [-0.05, 0) is 11.1 Å². The molecule has 1 N–H and O–H groups in total. The molecule has 0 bridgehead atoms. The number of nitrogens with zero attached hydrogens (tertiary/aromatic N) is 1. The Labute approximate surface area is 194 Å². The molecule has 37 heavy (non-hydrogen) atoms. The molecule has 0 fully saturated rings. The highest BCUT2D eigenvalue weighted by Gasteiger charge is 2.70. The second kappa shape index (κ2) is 9.92. The molecule has 3 amide bonds. The molecule has 0 aromatic heterocycles. The minimum absolute atomic E-state index is 0.400. The molecular weight excluding hydrogens is 565 g/mol. The minimum Gasteiger partial charge on any atom is -0.346 e. The van der Waals surface area contributed by atoms with Gasteiger partial charge in [0.25, 0.3) is 0 Å². The predicted molar refractivity (Wildman–Crippen MR) is 86.9 cm³/mol. The van der Waals surface area contributed by atoms with Crippen molar-refractivity contribution in [1.29, 1.82) is 0 Å². The van der Waals surface area contributed by atoms with Crippen molar-refractivity contribution >= 4 is 17.7 Å². The number of rotatable bonds is 7. The summed E-state index contributed by atoms with van der Waals surface area (Å²) >= 11 is 0. The van der Waals surface area contributed by atoms with Crippen LogP contribution >= 0.6 is 0 Å². The molecule has 0 aliphatic carbocycles. The highest BCUT2D eigenvalue weighted by molar-refractivity contribution is 6.02. The Kier molecular flexibility index (Phi) is 8.53. The van der Waals surface area contributed by atoms with Gasteiger partial charge in [-0.2, -0.15) is 65.9 Å². The molecule has 0 unspecified atom stereocenters. The Morgan fingerprint density at radius 3 is 1.38 bits per heavy atom. The van der Waals surface area contributed by atoms with Crippen molar-refractivity contribution in [2.24, 2.45) is 0 Å². The summed E-state index contributed by atoms with van der Waals surface area (Å²) in [6, 6.07) is 2.42. The SMILES string of the molecule is O=C(NCc1cccc(CN(C(=O)C(F)(F)C(F)(F)F)C(=O)C(F)(F)C(F)(F)F)c1)C(F)(F)C(F)(F)F. The first-order chi connectivity index (χ1) is 16.3. The van der Waals surface area contributed by atoms with Crippen LogP contribution in [0, 0.1) is 0 Å². The van der Waals surface area contributed by atoms with Gasteiger partial charge in [-0.25, -0.2) is 0 Å². The monoisotopic (exact) mass is 574 g/mol. The van der Waals surface area contributed by atoms with Gasteiger partial charge in [-0.1, -0.05) is 24.3 Å². The maximum Gasteiger partial charge on any atom is 0.463 e. The molecule has 0 radical (unpaired) electrons. The quantitative estimate of drug-likeness (QED) is 0.479. The van der Waals surface area contributed by atoms with E-state index in [4.69, 9.17) is 0 Å². The molecule has 0 saturated heterocycles. The Balaban J connectivity index is 3.36. The van der Waals surface area contributed by atoms with E-state index >= 15 is 0 Å². The van der Waals surface area contributed by atoms with Gasteiger partial charge in [-0.3, -0.25) is 19.3 Å². The largest absolute Gasteiger partial charge is 0.463 e. The Morgan fingerprint density at radius 2 is 1.00 bits per heavy atom. The van der Waals surface area contributed by atoms with E-state index in [2.05, 4.69) is 0 Å². The van der Waals surface area contributed by atoms with Crippen LogP contribution in [-0.2, 0) is 27.5 Å². The van der Waals surface area contributed by atoms with Gasteiger partial charge in [-0.15, -0.1) is 0 Å². The number of amides is 3. The number of benzene rings is 1. The second-order valence-electron chi connectivity index (χ2n) is 6.92. The van der Waals surface area contributed by atoms with Crippen molar-refractivity contribution in [3.63, 3.8) is 0 Å². The number of imide groups is 1. The summed E-state index contributed by atoms with van der Waals surface area (Å²) in [6.07, 6.45) is -20.1. The van der Waals surface area contributed by atoms with Crippen LogP contribution in [0.25, 0.3) is 0 Å². The Bertz CT molecular complexity index is 990. The van der Waals surface area contributed by atoms with E-state index in [9.17, 15) is 80.2 Å². The van der Waals surface area contributed by atoms with Gasteiger partial charge in [0.1, 0.15) is 0 Å². The molecule has 1 aromatic carbocycles. The molecule has 210 valence electrons. The van der Waals surface area contributed by atoms with Crippen molar-refractivity contribution in [3.8, 4) is 0 Å². The fourth-order valence-corrected chi connectivity index (χ4v) is 2.26. The van der Waals surface area contributed by atoms with E-state index in [-0.39, 0.29) is 0 Å². The molecular formula is C17H9F15N2O3. The smallest absolute Gasteiger partial charge is 0.346 e. The molecule has 0 atom stereocenters. The summed E-state index contributed by atoms with van der Waals surface area (Å²) in [4.78, 5) is 32.6. The molecule has 0 spiro atoms. The van der Waals surface area contributed by atoms with Gasteiger partial charge in [0.15, 0.2) is 0 Å². The van der Waals surface area contributed by atoms with Gasteiger partial charge >= 0.3 is 54.0 Å². The second-order valence-corrected chi connectivity index (χ2v) is 6.92. The topological polar surface area (TPSA) is 66.5 Å². The molecule has 0 heterocycles. The Hall–Kier alpha value is -3.22. The van der Waals surface area contributed by atoms with Gasteiger partial charge in [0.05, 0.1) is 6.54 Å². The van der Waals surface area contributed by atoms with Gasteiger partial charge in [0, 0.05) is 6.54 Å². The van der Waals surface area contributed by atoms with Crippen LogP contribution in [0.3, 0.4) is 0 Å². The molecule has 0 saturated carbocycles. The summed E-state index contributed by atoms with van der Waals surface area (Å²) in [7, 11) is 0. The first-order valence-electron chi connectivity index (χ1n) is 8.84. The maximum atomic E-state index is 13.4. The van der Waals surface area contributed by atoms with Gasteiger partial charge < -0.3 is 5.32 Å². The summed E-state index contributed by atoms with van der Waals surface area (Å²) < 4.78 is 191. The highest BCUT2D eigenvalue weighted by atomic mass is 19.4. The molecule has 20 heteroatoms. The zero-order valence-electron chi connectivity index (χ0n) is 17.1. The number of carbonyl (C=O) groups excluding carboxylic acids is 3. The first kappa shape index (κ1) is 31.8. The van der Waals surface area contributed by atoms with Crippen molar-refractivity contribution in [1.82, 2.24) is 10.2 Å². The average molecular weight is 574 g/mol. The number of halogens is 15. The molecule has 5 nitrogen and oxygen atoms in total. The number of alkyl halides is 15. The number of nitrogens with one attached hydrogen (secondary N) is 1.